The topological polar surface area (TPSA) is 61.8 Å². The van der Waals surface area contributed by atoms with Gasteiger partial charge in [0.05, 0.1) is 13.2 Å². The second-order valence-corrected chi connectivity index (χ2v) is 6.04. The molecule has 1 unspecified atom stereocenters. The molecule has 1 saturated heterocycles. The highest BCUT2D eigenvalue weighted by Crippen LogP contribution is 2.23. The molecule has 1 aliphatic rings. The summed E-state index contributed by atoms with van der Waals surface area (Å²) in [6, 6.07) is 8.64. The molecule has 1 amide bonds. The van der Waals surface area contributed by atoms with Crippen molar-refractivity contribution in [3.05, 3.63) is 29.8 Å². The van der Waals surface area contributed by atoms with Gasteiger partial charge >= 0.3 is 6.09 Å². The summed E-state index contributed by atoms with van der Waals surface area (Å²) in [6.45, 7) is 4.58. The molecule has 125 valence electrons. The van der Waals surface area contributed by atoms with Crippen LogP contribution < -0.4 is 10.2 Å². The number of nitrogens with zero attached hydrogens (tertiary/aromatic N) is 1. The van der Waals surface area contributed by atoms with Crippen LogP contribution in [0.5, 0.6) is 0 Å². The molecule has 2 N–H and O–H groups in total. The minimum absolute atomic E-state index is 0.140. The summed E-state index contributed by atoms with van der Waals surface area (Å²) >= 11 is 0. The van der Waals surface area contributed by atoms with E-state index >= 15 is 0 Å². The Bertz CT molecular complexity index is 487. The summed E-state index contributed by atoms with van der Waals surface area (Å²) in [4.78, 5) is 13.3. The lowest BCUT2D eigenvalue weighted by Gasteiger charge is -2.31. The molecule has 0 saturated carbocycles. The molecule has 6 heteroatoms. The highest BCUT2D eigenvalue weighted by Gasteiger charge is 2.17. The number of nitrogens with one attached hydrogen (secondary N) is 1. The van der Waals surface area contributed by atoms with Gasteiger partial charge in [-0.3, -0.25) is 0 Å². The fourth-order valence-corrected chi connectivity index (χ4v) is 2.83. The SMILES string of the molecule is COC(=O)NCC[B]C(C)c1ccc(N2CCC(O)CC2)cc1. The largest absolute Gasteiger partial charge is 0.453 e. The number of hydrogen-bond donors (Lipinski definition) is 2. The second kappa shape index (κ2) is 8.82. The predicted molar refractivity (Wildman–Crippen MR) is 93.3 cm³/mol. The van der Waals surface area contributed by atoms with Crippen molar-refractivity contribution in [2.24, 2.45) is 0 Å². The standard InChI is InChI=1S/C17H26BN2O3/c1-13(18-9-10-19-17(22)23-2)14-3-5-15(6-4-14)20-11-7-16(21)8-12-20/h3-6,13,16,21H,7-12H2,1-2H3,(H,19,22). The monoisotopic (exact) mass is 317 g/mol. The van der Waals surface area contributed by atoms with Crippen molar-refractivity contribution in [2.75, 3.05) is 31.6 Å². The number of piperidine rings is 1. The van der Waals surface area contributed by atoms with Crippen LogP contribution in [-0.2, 0) is 4.74 Å². The Labute approximate surface area is 139 Å². The van der Waals surface area contributed by atoms with Crippen LogP contribution in [0.1, 0.15) is 31.1 Å². The molecule has 0 spiro atoms. The summed E-state index contributed by atoms with van der Waals surface area (Å²) in [7, 11) is 3.56. The Balaban J connectivity index is 1.78. The minimum atomic E-state index is -0.387. The van der Waals surface area contributed by atoms with E-state index in [2.05, 4.69) is 53.4 Å². The van der Waals surface area contributed by atoms with Crippen LogP contribution in [0.25, 0.3) is 0 Å². The van der Waals surface area contributed by atoms with Gasteiger partial charge in [0, 0.05) is 25.3 Å². The number of amides is 1. The van der Waals surface area contributed by atoms with Gasteiger partial charge in [0.15, 0.2) is 0 Å². The predicted octanol–water partition coefficient (Wildman–Crippen LogP) is 2.19. The zero-order valence-corrected chi connectivity index (χ0v) is 14.0. The van der Waals surface area contributed by atoms with Gasteiger partial charge in [0.2, 0.25) is 0 Å². The maximum absolute atomic E-state index is 11.0. The highest BCUT2D eigenvalue weighted by molar-refractivity contribution is 6.37. The number of benzene rings is 1. The highest BCUT2D eigenvalue weighted by atomic mass is 16.5. The first-order valence-electron chi connectivity index (χ1n) is 8.28. The maximum Gasteiger partial charge on any atom is 0.406 e. The van der Waals surface area contributed by atoms with Gasteiger partial charge in [-0.15, -0.1) is 0 Å². The summed E-state index contributed by atoms with van der Waals surface area (Å²) < 4.78 is 4.54. The van der Waals surface area contributed by atoms with Crippen LogP contribution in [0.3, 0.4) is 0 Å². The number of rotatable bonds is 6. The molecule has 1 aliphatic heterocycles. The summed E-state index contributed by atoms with van der Waals surface area (Å²) in [5, 5.41) is 12.3. The number of anilines is 1. The molecule has 1 aromatic carbocycles. The van der Waals surface area contributed by atoms with E-state index in [0.29, 0.717) is 12.4 Å². The summed E-state index contributed by atoms with van der Waals surface area (Å²) in [6.07, 6.45) is 1.97. The van der Waals surface area contributed by atoms with Gasteiger partial charge in [0.1, 0.15) is 7.28 Å². The van der Waals surface area contributed by atoms with E-state index < -0.39 is 0 Å². The van der Waals surface area contributed by atoms with E-state index in [1.165, 1.54) is 18.4 Å². The Morgan fingerprint density at radius 2 is 2.04 bits per heavy atom. The van der Waals surface area contributed by atoms with Crippen molar-refractivity contribution in [1.29, 1.82) is 0 Å². The third kappa shape index (κ3) is 5.46. The van der Waals surface area contributed by atoms with Crippen LogP contribution in [0.2, 0.25) is 6.32 Å². The van der Waals surface area contributed by atoms with Crippen molar-refractivity contribution in [1.82, 2.24) is 5.32 Å². The van der Waals surface area contributed by atoms with Crippen molar-refractivity contribution in [3.63, 3.8) is 0 Å². The fourth-order valence-electron chi connectivity index (χ4n) is 2.83. The van der Waals surface area contributed by atoms with Crippen LogP contribution in [0, 0.1) is 0 Å². The first-order chi connectivity index (χ1) is 11.1. The number of hydrogen-bond acceptors (Lipinski definition) is 4. The molecule has 1 aromatic rings. The van der Waals surface area contributed by atoms with Gasteiger partial charge in [-0.2, -0.15) is 0 Å². The lowest BCUT2D eigenvalue weighted by Crippen LogP contribution is -2.35. The van der Waals surface area contributed by atoms with E-state index in [1.807, 2.05) is 0 Å². The molecule has 1 fully saturated rings. The number of aliphatic hydroxyl groups is 1. The third-order valence-corrected chi connectivity index (χ3v) is 4.37. The molecule has 2 rings (SSSR count). The number of ether oxygens (including phenoxy) is 1. The van der Waals surface area contributed by atoms with Crippen molar-refractivity contribution in [3.8, 4) is 0 Å². The minimum Gasteiger partial charge on any atom is -0.453 e. The average Bonchev–Trinajstić information content (AvgIpc) is 2.59. The molecule has 0 aromatic heterocycles. The molecular weight excluding hydrogens is 291 g/mol. The lowest BCUT2D eigenvalue weighted by molar-refractivity contribution is 0.145. The van der Waals surface area contributed by atoms with Crippen molar-refractivity contribution in [2.45, 2.75) is 38.0 Å². The first kappa shape index (κ1) is 17.7. The van der Waals surface area contributed by atoms with Crippen molar-refractivity contribution >= 4 is 19.1 Å². The lowest BCUT2D eigenvalue weighted by atomic mass is 9.60. The summed E-state index contributed by atoms with van der Waals surface area (Å²) in [5.74, 6) is 0.340. The molecule has 23 heavy (non-hydrogen) atoms. The smallest absolute Gasteiger partial charge is 0.406 e. The third-order valence-electron chi connectivity index (χ3n) is 4.37. The van der Waals surface area contributed by atoms with E-state index in [0.717, 1.165) is 32.3 Å². The number of alkyl carbamates (subject to hydrolysis) is 1. The molecule has 1 radical (unpaired) electrons. The molecular formula is C17H26BN2O3. The zero-order chi connectivity index (χ0) is 16.7. The quantitative estimate of drug-likeness (QED) is 0.624. The van der Waals surface area contributed by atoms with Gasteiger partial charge in [-0.05, 0) is 30.8 Å². The average molecular weight is 317 g/mol. The van der Waals surface area contributed by atoms with Crippen LogP contribution in [-0.4, -0.2) is 51.3 Å². The molecule has 1 atom stereocenters. The normalized spacial score (nSPS) is 16.7. The molecule has 0 aliphatic carbocycles. The van der Waals surface area contributed by atoms with Gasteiger partial charge in [0.25, 0.3) is 0 Å². The van der Waals surface area contributed by atoms with E-state index in [9.17, 15) is 9.90 Å². The van der Waals surface area contributed by atoms with Crippen LogP contribution in [0.15, 0.2) is 24.3 Å². The van der Waals surface area contributed by atoms with Crippen LogP contribution >= 0.6 is 0 Å². The maximum atomic E-state index is 11.0. The van der Waals surface area contributed by atoms with Gasteiger partial charge in [-0.25, -0.2) is 4.79 Å². The van der Waals surface area contributed by atoms with Gasteiger partial charge in [-0.1, -0.05) is 30.9 Å². The molecule has 5 nitrogen and oxygen atoms in total. The zero-order valence-electron chi connectivity index (χ0n) is 14.0. The van der Waals surface area contributed by atoms with Crippen LogP contribution in [0.4, 0.5) is 10.5 Å². The second-order valence-electron chi connectivity index (χ2n) is 6.04. The Morgan fingerprint density at radius 3 is 2.65 bits per heavy atom. The number of methoxy groups -OCH3 is 1. The Kier molecular flexibility index (Phi) is 6.77. The summed E-state index contributed by atoms with van der Waals surface area (Å²) in [5.41, 5.74) is 2.49. The molecule has 1 heterocycles. The first-order valence-corrected chi connectivity index (χ1v) is 8.28. The number of carbonyl (C=O) groups is 1. The fraction of sp³-hybridized carbons (Fsp3) is 0.588. The number of aliphatic hydroxyl groups excluding tert-OH is 1. The van der Waals surface area contributed by atoms with E-state index in [-0.39, 0.29) is 12.2 Å². The Morgan fingerprint density at radius 1 is 1.39 bits per heavy atom. The molecule has 0 bridgehead atoms. The Hall–Kier alpha value is -1.69. The van der Waals surface area contributed by atoms with Gasteiger partial charge < -0.3 is 20.1 Å². The van der Waals surface area contributed by atoms with Crippen molar-refractivity contribution < 1.29 is 14.6 Å². The number of carbonyl (C=O) groups excluding carboxylic acids is 1. The van der Waals surface area contributed by atoms with E-state index in [1.54, 1.807) is 0 Å². The van der Waals surface area contributed by atoms with E-state index in [4.69, 9.17) is 0 Å².